The van der Waals surface area contributed by atoms with Crippen LogP contribution in [0, 0.1) is 78.7 Å². The molecule has 0 fully saturated rings. The molecule has 131 heavy (non-hydrogen) atoms. The lowest BCUT2D eigenvalue weighted by atomic mass is 10.1. The van der Waals surface area contributed by atoms with Gasteiger partial charge in [0.25, 0.3) is 0 Å². The lowest BCUT2D eigenvalue weighted by molar-refractivity contribution is 0.204. The van der Waals surface area contributed by atoms with Crippen molar-refractivity contribution in [3.05, 3.63) is 284 Å². The number of nitrogens with one attached hydrogen (secondary N) is 8. The quantitative estimate of drug-likeness (QED) is 0.0282. The number of amides is 8. The maximum Gasteiger partial charge on any atom is 0.326 e. The number of fused-ring (bicyclic) bond motifs is 4. The van der Waals surface area contributed by atoms with Gasteiger partial charge in [0, 0.05) is 143 Å². The van der Waals surface area contributed by atoms with Crippen molar-refractivity contribution < 1.29 is 46.6 Å². The number of hydrogen-bond donors (Lipinski definition) is 10. The Morgan fingerprint density at radius 1 is 0.359 bits per heavy atom. The lowest BCUT2D eigenvalue weighted by Gasteiger charge is -2.25. The number of aliphatic hydroxyl groups is 1. The summed E-state index contributed by atoms with van der Waals surface area (Å²) < 4.78 is 65.2. The van der Waals surface area contributed by atoms with Crippen molar-refractivity contribution in [2.45, 2.75) is 55.4 Å². The predicted molar refractivity (Wildman–Crippen MR) is 513 cm³/mol. The standard InChI is InChI=1S/C25H26ClFN6O.C24H23ClFN5O2.C23H22ClFN6O.C23H21ClFN5O2/c1-15-16(2)30-24-22(15)23(28-14-29-24)17-5-10-21(20(27)13-17)31-25(34)33(12-11-32(3)4)19-8-6-18(26)7-9-19;1-14-15(2)29-23-21(14)22(27-13-28-23)16-4-9-20(19(26)12-16)30-24(32)31(10-11-33-3)18-7-5-17(25)6-8-18;1-13-14(2)29-22-20(13)21(27-12-28-22)15-3-8-19(18(25)11-15)30-23(32)31(10-9-26)17-6-4-16(24)5-7-17;1-13-14(2)28-22-20(13)21(26-12-27-22)15-3-8-19(18(25)11-15)29-23(32)30(9-10-31)17-6-4-16(24)5-7-17/h5-10,13-14H,11-12H2,1-4H3,(H,31,34)(H,28,29,30);4-9,12-13H,10-11H2,1-3H3,(H,30,32)(H,27,28,29);3-8,11-12H,9-10,26H2,1-2H3,(H,30,32)(H,27,28,29);3-8,11-12,31H,9-10H2,1-2H3,(H,29,32)(H,26,27,28). The summed E-state index contributed by atoms with van der Waals surface area (Å²) in [6.07, 6.45) is 5.77. The Labute approximate surface area is 771 Å². The molecule has 16 aromatic rings. The third kappa shape index (κ3) is 22.1. The Hall–Kier alpha value is -14.0. The second-order valence-corrected chi connectivity index (χ2v) is 32.3. The Kier molecular flexibility index (Phi) is 30.7. The largest absolute Gasteiger partial charge is 0.395 e. The second-order valence-electron chi connectivity index (χ2n) is 30.6. The van der Waals surface area contributed by atoms with Crippen LogP contribution >= 0.6 is 46.4 Å². The molecule has 16 rings (SSSR count). The van der Waals surface area contributed by atoms with Crippen molar-refractivity contribution in [3.63, 3.8) is 0 Å². The van der Waals surface area contributed by atoms with Gasteiger partial charge in [-0.25, -0.2) is 76.6 Å². The highest BCUT2D eigenvalue weighted by Gasteiger charge is 2.26. The number of hydrogen-bond acceptors (Lipinski definition) is 16. The van der Waals surface area contributed by atoms with Gasteiger partial charge in [-0.3, -0.25) is 19.6 Å². The number of rotatable bonds is 22. The molecule has 0 spiro atoms. The van der Waals surface area contributed by atoms with E-state index in [0.717, 1.165) is 66.6 Å². The molecule has 8 heterocycles. The summed E-state index contributed by atoms with van der Waals surface area (Å²) in [6.45, 7) is 17.6. The number of H-pyrrole nitrogens is 4. The highest BCUT2D eigenvalue weighted by molar-refractivity contribution is 6.31. The number of carbonyl (C=O) groups is 4. The van der Waals surface area contributed by atoms with Crippen molar-refractivity contribution in [2.75, 3.05) is 115 Å². The lowest BCUT2D eigenvalue weighted by Crippen LogP contribution is -2.39. The number of benzene rings is 8. The molecule has 36 heteroatoms. The number of nitrogens with two attached hydrogens (primary N) is 1. The molecule has 0 atom stereocenters. The topological polar surface area (TPSA) is 354 Å². The first-order valence-electron chi connectivity index (χ1n) is 41.1. The van der Waals surface area contributed by atoms with E-state index in [1.165, 1.54) is 82.5 Å². The molecule has 8 aromatic heterocycles. The number of ether oxygens (including phenoxy) is 1. The van der Waals surface area contributed by atoms with E-state index in [9.17, 15) is 33.1 Å². The van der Waals surface area contributed by atoms with Crippen molar-refractivity contribution in [2.24, 2.45) is 5.73 Å². The molecule has 0 bridgehead atoms. The molecule has 0 saturated heterocycles. The van der Waals surface area contributed by atoms with E-state index >= 15 is 8.78 Å². The maximum absolute atomic E-state index is 15.1. The van der Waals surface area contributed by atoms with Crippen LogP contribution in [-0.2, 0) is 4.74 Å². The fourth-order valence-corrected chi connectivity index (χ4v) is 14.9. The molecular weight excluding hydrogens is 1760 g/mol. The first kappa shape index (κ1) is 94.6. The van der Waals surface area contributed by atoms with E-state index < -0.39 is 47.4 Å². The zero-order valence-corrected chi connectivity index (χ0v) is 76.1. The molecule has 0 radical (unpaired) electrons. The molecule has 0 aliphatic carbocycles. The summed E-state index contributed by atoms with van der Waals surface area (Å²) in [5.74, 6) is -2.30. The van der Waals surface area contributed by atoms with Crippen LogP contribution in [0.1, 0.15) is 45.0 Å². The third-order valence-electron chi connectivity index (χ3n) is 21.8. The van der Waals surface area contributed by atoms with Gasteiger partial charge in [-0.15, -0.1) is 0 Å². The molecule has 0 aliphatic heterocycles. The van der Waals surface area contributed by atoms with Gasteiger partial charge in [0.1, 0.15) is 71.2 Å². The summed E-state index contributed by atoms with van der Waals surface area (Å²) in [5.41, 5.74) is 23.9. The van der Waals surface area contributed by atoms with Crippen LogP contribution in [0.15, 0.2) is 195 Å². The van der Waals surface area contributed by atoms with Crippen molar-refractivity contribution in [1.82, 2.24) is 64.7 Å². The molecule has 8 aromatic carbocycles. The fraction of sp³-hybridized carbons (Fsp3) is 0.200. The van der Waals surface area contributed by atoms with Gasteiger partial charge in [0.05, 0.1) is 71.8 Å². The van der Waals surface area contributed by atoms with Crippen molar-refractivity contribution in [1.29, 1.82) is 0 Å². The van der Waals surface area contributed by atoms with E-state index in [4.69, 9.17) is 56.9 Å². The average molecular weight is 1860 g/mol. The van der Waals surface area contributed by atoms with Gasteiger partial charge in [-0.05, 0) is 237 Å². The first-order chi connectivity index (χ1) is 62.9. The fourth-order valence-electron chi connectivity index (χ4n) is 14.4. The number of likely N-dealkylation sites (N-methyl/N-ethyl adjacent to an activating group) is 1. The zero-order valence-electron chi connectivity index (χ0n) is 73.0. The highest BCUT2D eigenvalue weighted by Crippen LogP contribution is 2.38. The monoisotopic (exact) mass is 1850 g/mol. The van der Waals surface area contributed by atoms with Gasteiger partial charge in [0.2, 0.25) is 0 Å². The zero-order chi connectivity index (χ0) is 93.6. The van der Waals surface area contributed by atoms with Gasteiger partial charge in [-0.1, -0.05) is 70.7 Å². The summed E-state index contributed by atoms with van der Waals surface area (Å²) in [5, 5.41) is 25.5. The number of anilines is 8. The average Bonchev–Trinajstić information content (AvgIpc) is 1.64. The molecular formula is C95H92Cl4F4N22O6. The van der Waals surface area contributed by atoms with Crippen LogP contribution in [0.2, 0.25) is 20.1 Å². The molecule has 28 nitrogen and oxygen atoms in total. The van der Waals surface area contributed by atoms with Crippen molar-refractivity contribution in [3.8, 4) is 45.0 Å². The Bertz CT molecular complexity index is 6640. The van der Waals surface area contributed by atoms with E-state index in [2.05, 4.69) is 81.1 Å². The number of aromatic nitrogens is 12. The smallest absolute Gasteiger partial charge is 0.326 e. The van der Waals surface area contributed by atoms with Gasteiger partial charge >= 0.3 is 24.1 Å². The highest BCUT2D eigenvalue weighted by atomic mass is 35.5. The number of aryl methyl sites for hydroxylation is 8. The number of nitrogens with zero attached hydrogens (tertiary/aromatic N) is 13. The number of aromatic amines is 4. The van der Waals surface area contributed by atoms with Crippen LogP contribution in [0.4, 0.5) is 82.2 Å². The minimum absolute atomic E-state index is 0.0166. The van der Waals surface area contributed by atoms with E-state index in [1.54, 1.807) is 139 Å². The third-order valence-corrected chi connectivity index (χ3v) is 22.8. The number of carbonyl (C=O) groups excluding carboxylic acids is 4. The van der Waals surface area contributed by atoms with Crippen molar-refractivity contribution >= 4 is 160 Å². The number of methoxy groups -OCH3 is 1. The molecule has 0 unspecified atom stereocenters. The minimum atomic E-state index is -0.604. The molecule has 11 N–H and O–H groups in total. The Balaban J connectivity index is 0.000000149. The second kappa shape index (κ2) is 42.5. The summed E-state index contributed by atoms with van der Waals surface area (Å²) in [4.78, 5) is 107. The summed E-state index contributed by atoms with van der Waals surface area (Å²) in [7, 11) is 5.40. The maximum atomic E-state index is 15.1. The Morgan fingerprint density at radius 3 is 0.832 bits per heavy atom. The molecule has 674 valence electrons. The molecule has 0 saturated carbocycles. The minimum Gasteiger partial charge on any atom is -0.395 e. The van der Waals surface area contributed by atoms with Crippen LogP contribution in [0.5, 0.6) is 0 Å². The first-order valence-corrected chi connectivity index (χ1v) is 42.6. The molecule has 0 aliphatic rings. The number of urea groups is 4. The predicted octanol–water partition coefficient (Wildman–Crippen LogP) is 21.4. The SMILES string of the molecule is COCCN(C(=O)Nc1ccc(-c2ncnc3[nH]c(C)c(C)c23)cc1F)c1ccc(Cl)cc1.Cc1[nH]c2ncnc(-c3ccc(NC(=O)N(CCN(C)C)c4ccc(Cl)cc4)c(F)c3)c2c1C.Cc1[nH]c2ncnc(-c3ccc(NC(=O)N(CCN)c4ccc(Cl)cc4)c(F)c3)c2c1C.Cc1[nH]c2ncnc(-c3ccc(NC(=O)N(CCO)c4ccc(Cl)cc4)c(F)c3)c2c1C. The number of halogens is 8. The van der Waals surface area contributed by atoms with Crippen LogP contribution < -0.4 is 46.6 Å². The van der Waals surface area contributed by atoms with Crippen LogP contribution in [0.25, 0.3) is 89.2 Å². The number of aliphatic hydroxyl groups excluding tert-OH is 1. The van der Waals surface area contributed by atoms with Crippen LogP contribution in [0.3, 0.4) is 0 Å². The normalized spacial score (nSPS) is 11.1. The van der Waals surface area contributed by atoms with Crippen LogP contribution in [-0.4, -0.2) is 168 Å². The van der Waals surface area contributed by atoms with Gasteiger partial charge in [-0.2, -0.15) is 0 Å². The summed E-state index contributed by atoms with van der Waals surface area (Å²) in [6, 6.07) is 43.5. The van der Waals surface area contributed by atoms with Gasteiger partial charge in [0.15, 0.2) is 0 Å². The Morgan fingerprint density at radius 2 is 0.603 bits per heavy atom. The summed E-state index contributed by atoms with van der Waals surface area (Å²) >= 11 is 23.8. The van der Waals surface area contributed by atoms with Gasteiger partial charge < -0.3 is 61.7 Å². The molecule has 8 amide bonds. The van der Waals surface area contributed by atoms with E-state index in [1.807, 2.05) is 74.4 Å². The van der Waals surface area contributed by atoms with E-state index in [0.29, 0.717) is 130 Å². The van der Waals surface area contributed by atoms with E-state index in [-0.39, 0.29) is 55.5 Å².